The Kier molecular flexibility index (Phi) is 5.19. The Morgan fingerprint density at radius 3 is 2.71 bits per heavy atom. The van der Waals surface area contributed by atoms with Crippen LogP contribution in [-0.4, -0.2) is 61.5 Å². The van der Waals surface area contributed by atoms with Crippen LogP contribution in [0.5, 0.6) is 0 Å². The van der Waals surface area contributed by atoms with Gasteiger partial charge in [0.1, 0.15) is 17.9 Å². The van der Waals surface area contributed by atoms with Crippen molar-refractivity contribution in [3.63, 3.8) is 0 Å². The minimum absolute atomic E-state index is 0.211. The number of carbonyl (C=O) groups is 1. The molecule has 10 nitrogen and oxygen atoms in total. The summed E-state index contributed by atoms with van der Waals surface area (Å²) in [5.74, 6) is 1.21. The Balaban J connectivity index is 1.39. The molecule has 1 aromatic carbocycles. The number of rotatable bonds is 4. The molecular weight excluding hydrogens is 444 g/mol. The standard InChI is InChI=1S/C25H28N8O2/c1-16-13-31(18-7-9-30(10-8-18)21(35)15-34)25-22(16)23(26)33-24(29-25)20(12-28-33)17-11-27-32(14-17)19-5-3-2-4-6-19/h2-6,11,13-14,18,28,34H,7-10,12,15,26H2,1H3. The number of amides is 1. The predicted octanol–water partition coefficient (Wildman–Crippen LogP) is -0.0154. The van der Waals surface area contributed by atoms with Gasteiger partial charge in [0, 0.05) is 49.2 Å². The molecule has 10 heteroatoms. The molecule has 0 aliphatic carbocycles. The van der Waals surface area contributed by atoms with E-state index in [0.717, 1.165) is 51.8 Å². The average molecular weight is 473 g/mol. The van der Waals surface area contributed by atoms with Crippen LogP contribution in [-0.2, 0) is 4.79 Å². The summed E-state index contributed by atoms with van der Waals surface area (Å²) in [6, 6.07) is 10.2. The van der Waals surface area contributed by atoms with Crippen molar-refractivity contribution in [1.29, 1.82) is 0 Å². The highest BCUT2D eigenvalue weighted by atomic mass is 16.3. The molecule has 0 bridgehead atoms. The molecule has 0 radical (unpaired) electrons. The summed E-state index contributed by atoms with van der Waals surface area (Å²) < 4.78 is 4.08. The number of benzene rings is 1. The number of aryl methyl sites for hydroxylation is 1. The quantitative estimate of drug-likeness (QED) is 0.492. The van der Waals surface area contributed by atoms with Crippen LogP contribution in [0.25, 0.3) is 17.1 Å². The zero-order valence-corrected chi connectivity index (χ0v) is 19.6. The predicted molar refractivity (Wildman–Crippen MR) is 130 cm³/mol. The Labute approximate surface area is 202 Å². The van der Waals surface area contributed by atoms with Gasteiger partial charge in [0.25, 0.3) is 0 Å². The number of hydrogen-bond acceptors (Lipinski definition) is 7. The molecule has 1 fully saturated rings. The van der Waals surface area contributed by atoms with Gasteiger partial charge in [-0.05, 0) is 37.5 Å². The van der Waals surface area contributed by atoms with E-state index in [2.05, 4.69) is 28.2 Å². The van der Waals surface area contributed by atoms with Crippen molar-refractivity contribution in [2.24, 2.45) is 10.7 Å². The van der Waals surface area contributed by atoms with Crippen LogP contribution in [0.2, 0.25) is 0 Å². The normalized spacial score (nSPS) is 18.1. The molecule has 2 aromatic heterocycles. The van der Waals surface area contributed by atoms with Crippen LogP contribution in [0.4, 0.5) is 0 Å². The van der Waals surface area contributed by atoms with Crippen LogP contribution in [0, 0.1) is 6.92 Å². The first-order chi connectivity index (χ1) is 17.0. The van der Waals surface area contributed by atoms with Gasteiger partial charge in [-0.2, -0.15) is 5.10 Å². The van der Waals surface area contributed by atoms with Crippen molar-refractivity contribution in [3.8, 4) is 5.69 Å². The molecule has 0 unspecified atom stereocenters. The topological polar surface area (TPSA) is 117 Å². The first kappa shape index (κ1) is 21.6. The lowest BCUT2D eigenvalue weighted by atomic mass is 10.0. The van der Waals surface area contributed by atoms with Crippen molar-refractivity contribution in [1.82, 2.24) is 29.7 Å². The van der Waals surface area contributed by atoms with Gasteiger partial charge in [-0.25, -0.2) is 20.1 Å². The molecule has 0 saturated carbocycles. The number of likely N-dealkylation sites (tertiary alicyclic amines) is 1. The van der Waals surface area contributed by atoms with E-state index in [9.17, 15) is 9.90 Å². The lowest BCUT2D eigenvalue weighted by Crippen LogP contribution is -2.48. The number of fused-ring (bicyclic) bond motifs is 2. The molecule has 35 heavy (non-hydrogen) atoms. The number of aromatic nitrogens is 3. The fourth-order valence-corrected chi connectivity index (χ4v) is 5.25. The first-order valence-electron chi connectivity index (χ1n) is 11.9. The summed E-state index contributed by atoms with van der Waals surface area (Å²) in [5.41, 5.74) is 15.0. The van der Waals surface area contributed by atoms with Gasteiger partial charge in [0.05, 0.1) is 17.1 Å². The number of nitrogens with two attached hydrogens (primary N) is 1. The van der Waals surface area contributed by atoms with Gasteiger partial charge in [0.2, 0.25) is 5.91 Å². The molecule has 5 heterocycles. The second-order valence-electron chi connectivity index (χ2n) is 9.17. The van der Waals surface area contributed by atoms with Gasteiger partial charge in [0.15, 0.2) is 5.82 Å². The number of hydrazine groups is 1. The number of carbonyl (C=O) groups excluding carboxylic acids is 1. The minimum Gasteiger partial charge on any atom is -0.387 e. The molecule has 3 aliphatic heterocycles. The van der Waals surface area contributed by atoms with Gasteiger partial charge >= 0.3 is 0 Å². The molecular formula is C25H28N8O2. The van der Waals surface area contributed by atoms with E-state index in [1.54, 1.807) is 4.90 Å². The molecule has 0 atom stereocenters. The SMILES string of the molecule is Cc1cn(C2CCN(C(=O)CO)CC2)c2c1=C(N)N1NCC(c3cnn(-c4ccccc4)c3)=C1N=2. The molecule has 3 aliphatic rings. The summed E-state index contributed by atoms with van der Waals surface area (Å²) >= 11 is 0. The summed E-state index contributed by atoms with van der Waals surface area (Å²) in [4.78, 5) is 18.7. The summed E-state index contributed by atoms with van der Waals surface area (Å²) in [5, 5.41) is 16.6. The number of nitrogens with one attached hydrogen (secondary N) is 1. The number of piperidine rings is 1. The van der Waals surface area contributed by atoms with E-state index >= 15 is 0 Å². The maximum absolute atomic E-state index is 11.9. The average Bonchev–Trinajstić information content (AvgIpc) is 3.62. The first-order valence-corrected chi connectivity index (χ1v) is 11.9. The van der Waals surface area contributed by atoms with E-state index in [-0.39, 0.29) is 11.9 Å². The lowest BCUT2D eigenvalue weighted by molar-refractivity contribution is -0.135. The third-order valence-electron chi connectivity index (χ3n) is 7.10. The molecule has 6 rings (SSSR count). The van der Waals surface area contributed by atoms with Crippen molar-refractivity contribution >= 4 is 17.3 Å². The van der Waals surface area contributed by atoms with E-state index in [0.29, 0.717) is 25.5 Å². The molecule has 0 spiro atoms. The van der Waals surface area contributed by atoms with Crippen molar-refractivity contribution < 1.29 is 9.90 Å². The van der Waals surface area contributed by atoms with Crippen LogP contribution < -0.4 is 21.9 Å². The fraction of sp³-hybridized carbons (Fsp3) is 0.320. The molecule has 1 saturated heterocycles. The smallest absolute Gasteiger partial charge is 0.248 e. The van der Waals surface area contributed by atoms with Crippen LogP contribution in [0.3, 0.4) is 0 Å². The zero-order valence-electron chi connectivity index (χ0n) is 19.6. The highest BCUT2D eigenvalue weighted by Gasteiger charge is 2.31. The number of hydrogen-bond donors (Lipinski definition) is 3. The Morgan fingerprint density at radius 1 is 1.20 bits per heavy atom. The Morgan fingerprint density at radius 2 is 1.97 bits per heavy atom. The van der Waals surface area contributed by atoms with Crippen LogP contribution in [0.1, 0.15) is 30.0 Å². The van der Waals surface area contributed by atoms with Crippen molar-refractivity contribution in [2.75, 3.05) is 26.2 Å². The van der Waals surface area contributed by atoms with Crippen LogP contribution >= 0.6 is 0 Å². The number of aliphatic hydroxyl groups excluding tert-OH is 1. The van der Waals surface area contributed by atoms with Crippen LogP contribution in [0.15, 0.2) is 59.7 Å². The van der Waals surface area contributed by atoms with Gasteiger partial charge < -0.3 is 20.3 Å². The van der Waals surface area contributed by atoms with Gasteiger partial charge in [-0.3, -0.25) is 4.79 Å². The fourth-order valence-electron chi connectivity index (χ4n) is 5.25. The van der Waals surface area contributed by atoms with Crippen molar-refractivity contribution in [2.45, 2.75) is 25.8 Å². The lowest BCUT2D eigenvalue weighted by Gasteiger charge is -2.32. The highest BCUT2D eigenvalue weighted by molar-refractivity contribution is 5.77. The third kappa shape index (κ3) is 3.53. The molecule has 1 amide bonds. The zero-order chi connectivity index (χ0) is 24.1. The van der Waals surface area contributed by atoms with E-state index in [1.807, 2.05) is 52.4 Å². The maximum Gasteiger partial charge on any atom is 0.248 e. The van der Waals surface area contributed by atoms with Gasteiger partial charge in [-0.15, -0.1) is 0 Å². The number of nitrogens with zero attached hydrogens (tertiary/aromatic N) is 6. The number of para-hydroxylation sites is 1. The Hall–Kier alpha value is -3.89. The summed E-state index contributed by atoms with van der Waals surface area (Å²) in [6.45, 7) is 3.46. The highest BCUT2D eigenvalue weighted by Crippen LogP contribution is 2.29. The van der Waals surface area contributed by atoms with E-state index < -0.39 is 6.61 Å². The largest absolute Gasteiger partial charge is 0.387 e. The maximum atomic E-state index is 11.9. The summed E-state index contributed by atoms with van der Waals surface area (Å²) in [7, 11) is 0. The molecule has 4 N–H and O–H groups in total. The van der Waals surface area contributed by atoms with Gasteiger partial charge in [-0.1, -0.05) is 18.2 Å². The second-order valence-corrected chi connectivity index (χ2v) is 9.17. The number of aliphatic hydroxyl groups is 1. The third-order valence-corrected chi connectivity index (χ3v) is 7.10. The molecule has 3 aromatic rings. The minimum atomic E-state index is -0.440. The Bertz CT molecular complexity index is 1440. The van der Waals surface area contributed by atoms with E-state index in [1.165, 1.54) is 0 Å². The second kappa shape index (κ2) is 8.40. The van der Waals surface area contributed by atoms with E-state index in [4.69, 9.17) is 10.7 Å². The summed E-state index contributed by atoms with van der Waals surface area (Å²) in [6.07, 6.45) is 7.60. The molecule has 180 valence electrons. The monoisotopic (exact) mass is 472 g/mol. The van der Waals surface area contributed by atoms with Crippen molar-refractivity contribution in [3.05, 3.63) is 76.6 Å².